The zero-order chi connectivity index (χ0) is 26.3. The lowest BCUT2D eigenvalue weighted by molar-refractivity contribution is -0.114. The highest BCUT2D eigenvalue weighted by atomic mass is 32.2. The summed E-state index contributed by atoms with van der Waals surface area (Å²) in [6.45, 7) is 3.41. The molecule has 9 nitrogen and oxygen atoms in total. The minimum absolute atomic E-state index is 0.231. The number of nitrogens with two attached hydrogens (primary N) is 1. The van der Waals surface area contributed by atoms with Crippen molar-refractivity contribution in [3.63, 3.8) is 0 Å². The number of nitrogens with one attached hydrogen (secondary N) is 2. The van der Waals surface area contributed by atoms with Crippen molar-refractivity contribution in [3.05, 3.63) is 17.7 Å². The minimum Gasteiger partial charge on any atom is -0.325 e. The van der Waals surface area contributed by atoms with Gasteiger partial charge in [-0.05, 0) is 24.5 Å². The molecule has 1 aromatic rings. The van der Waals surface area contributed by atoms with Crippen LogP contribution in [0.5, 0.6) is 0 Å². The van der Waals surface area contributed by atoms with Crippen LogP contribution in [0.15, 0.2) is 21.9 Å². The summed E-state index contributed by atoms with van der Waals surface area (Å²) >= 11 is 0. The third-order valence-corrected chi connectivity index (χ3v) is 8.31. The number of hydrogen-bond acceptors (Lipinski definition) is 6. The maximum absolute atomic E-state index is 12.2. The summed E-state index contributed by atoms with van der Waals surface area (Å²) in [5.41, 5.74) is 0.203. The largest absolute Gasteiger partial charge is 0.325 e. The van der Waals surface area contributed by atoms with Crippen LogP contribution in [0.4, 0.5) is 5.69 Å². The van der Waals surface area contributed by atoms with E-state index in [1.807, 2.05) is 0 Å². The third kappa shape index (κ3) is 11.8. The van der Waals surface area contributed by atoms with Gasteiger partial charge in [0, 0.05) is 6.92 Å². The van der Waals surface area contributed by atoms with Gasteiger partial charge in [-0.15, -0.1) is 0 Å². The first-order chi connectivity index (χ1) is 16.5. The molecule has 0 aliphatic rings. The Kier molecular flexibility index (Phi) is 14.6. The highest BCUT2D eigenvalue weighted by Gasteiger charge is 2.30. The number of aryl methyl sites for hydroxylation is 1. The fourth-order valence-corrected chi connectivity index (χ4v) is 6.29. The van der Waals surface area contributed by atoms with Gasteiger partial charge in [-0.1, -0.05) is 96.5 Å². The molecule has 0 unspecified atom stereocenters. The third-order valence-electron chi connectivity index (χ3n) is 6.01. The number of amides is 1. The van der Waals surface area contributed by atoms with Crippen molar-refractivity contribution in [2.75, 3.05) is 5.32 Å². The van der Waals surface area contributed by atoms with E-state index in [1.54, 1.807) is 4.83 Å². The molecule has 35 heavy (non-hydrogen) atoms. The second-order valence-corrected chi connectivity index (χ2v) is 12.1. The summed E-state index contributed by atoms with van der Waals surface area (Å²) in [7, 11) is -9.37. The summed E-state index contributed by atoms with van der Waals surface area (Å²) in [4.78, 5) is 11.6. The normalized spacial score (nSPS) is 12.1. The van der Waals surface area contributed by atoms with Gasteiger partial charge < -0.3 is 5.32 Å². The summed E-state index contributed by atoms with van der Waals surface area (Å²) in [5.74, 6) is 4.44. The van der Waals surface area contributed by atoms with Crippen LogP contribution in [0.1, 0.15) is 109 Å². The SMILES string of the molecule is CCCCCCCCCCCCCCCCc1ccc(S(=O)(=O)NN)c(S(=O)(=O)O)c1NC(C)=O. The van der Waals surface area contributed by atoms with Crippen molar-refractivity contribution in [2.24, 2.45) is 5.84 Å². The van der Waals surface area contributed by atoms with Crippen LogP contribution >= 0.6 is 0 Å². The van der Waals surface area contributed by atoms with Crippen LogP contribution in [0.2, 0.25) is 0 Å². The Morgan fingerprint density at radius 3 is 1.69 bits per heavy atom. The Bertz CT molecular complexity index is 995. The predicted molar refractivity (Wildman–Crippen MR) is 139 cm³/mol. The van der Waals surface area contributed by atoms with E-state index in [2.05, 4.69) is 12.2 Å². The minimum atomic E-state index is -4.97. The number of benzene rings is 1. The molecule has 11 heteroatoms. The maximum Gasteiger partial charge on any atom is 0.297 e. The number of unbranched alkanes of at least 4 members (excludes halogenated alkanes) is 13. The van der Waals surface area contributed by atoms with E-state index in [4.69, 9.17) is 5.84 Å². The lowest BCUT2D eigenvalue weighted by atomic mass is 10.0. The van der Waals surface area contributed by atoms with Gasteiger partial charge in [-0.25, -0.2) is 8.42 Å². The highest BCUT2D eigenvalue weighted by Crippen LogP contribution is 2.33. The van der Waals surface area contributed by atoms with Crippen molar-refractivity contribution in [2.45, 2.75) is 120 Å². The van der Waals surface area contributed by atoms with Gasteiger partial charge in [-0.3, -0.25) is 15.2 Å². The number of hydrogen-bond donors (Lipinski definition) is 4. The molecule has 0 radical (unpaired) electrons. The van der Waals surface area contributed by atoms with Gasteiger partial charge in [0.25, 0.3) is 20.1 Å². The van der Waals surface area contributed by atoms with E-state index in [-0.39, 0.29) is 5.69 Å². The van der Waals surface area contributed by atoms with Gasteiger partial charge in [-0.2, -0.15) is 13.2 Å². The van der Waals surface area contributed by atoms with E-state index in [1.165, 1.54) is 77.2 Å². The second kappa shape index (κ2) is 16.3. The lowest BCUT2D eigenvalue weighted by Crippen LogP contribution is -2.31. The average Bonchev–Trinajstić information content (AvgIpc) is 2.78. The van der Waals surface area contributed by atoms with Crippen LogP contribution in [-0.2, 0) is 31.4 Å². The molecule has 1 rings (SSSR count). The van der Waals surface area contributed by atoms with Crippen molar-refractivity contribution >= 4 is 31.7 Å². The molecule has 0 saturated heterocycles. The fraction of sp³-hybridized carbons (Fsp3) is 0.708. The molecule has 0 heterocycles. The Hall–Kier alpha value is -1.53. The van der Waals surface area contributed by atoms with Crippen molar-refractivity contribution < 1.29 is 26.2 Å². The summed E-state index contributed by atoms with van der Waals surface area (Å²) in [5, 5.41) is 2.37. The number of hydrazine groups is 1. The number of sulfonamides is 1. The molecule has 0 bridgehead atoms. The molecular weight excluding hydrogens is 490 g/mol. The van der Waals surface area contributed by atoms with E-state index in [0.29, 0.717) is 12.0 Å². The van der Waals surface area contributed by atoms with Crippen LogP contribution < -0.4 is 16.0 Å². The number of carbonyl (C=O) groups is 1. The van der Waals surface area contributed by atoms with Crippen molar-refractivity contribution in [1.82, 2.24) is 4.83 Å². The Labute approximate surface area is 211 Å². The highest BCUT2D eigenvalue weighted by molar-refractivity contribution is 7.91. The summed E-state index contributed by atoms with van der Waals surface area (Å²) < 4.78 is 58.2. The molecule has 0 aromatic heterocycles. The van der Waals surface area contributed by atoms with Crippen molar-refractivity contribution in [3.8, 4) is 0 Å². The molecule has 0 atom stereocenters. The van der Waals surface area contributed by atoms with Crippen molar-refractivity contribution in [1.29, 1.82) is 0 Å². The first kappa shape index (κ1) is 31.5. The Balaban J connectivity index is 2.59. The van der Waals surface area contributed by atoms with E-state index in [0.717, 1.165) is 31.7 Å². The summed E-state index contributed by atoms with van der Waals surface area (Å²) in [6.07, 6.45) is 17.3. The molecule has 0 spiro atoms. The second-order valence-electron chi connectivity index (χ2n) is 9.05. The first-order valence-electron chi connectivity index (χ1n) is 12.7. The zero-order valence-corrected chi connectivity index (χ0v) is 22.8. The standard InChI is InChI=1S/C24H43N3O6S2/c1-3-4-5-6-7-8-9-10-11-12-13-14-15-16-17-21-18-19-22(34(29,30)27-25)24(35(31,32)33)23(21)26-20(2)28/h18-19,27H,3-17,25H2,1-2H3,(H,26,28)(H,31,32,33). The van der Waals surface area contributed by atoms with Crippen LogP contribution in [0.3, 0.4) is 0 Å². The van der Waals surface area contributed by atoms with Gasteiger partial charge in [0.1, 0.15) is 9.79 Å². The molecule has 5 N–H and O–H groups in total. The summed E-state index contributed by atoms with van der Waals surface area (Å²) in [6, 6.07) is 2.51. The first-order valence-corrected chi connectivity index (χ1v) is 15.6. The molecular formula is C24H43N3O6S2. The maximum atomic E-state index is 12.2. The topological polar surface area (TPSA) is 156 Å². The lowest BCUT2D eigenvalue weighted by Gasteiger charge is -2.17. The molecule has 1 aromatic carbocycles. The Morgan fingerprint density at radius 2 is 1.29 bits per heavy atom. The van der Waals surface area contributed by atoms with Gasteiger partial charge in [0.05, 0.1) is 5.69 Å². The van der Waals surface area contributed by atoms with E-state index >= 15 is 0 Å². The molecule has 0 aliphatic carbocycles. The molecule has 0 aliphatic heterocycles. The van der Waals surface area contributed by atoms with Gasteiger partial charge in [0.2, 0.25) is 5.91 Å². The Morgan fingerprint density at radius 1 is 0.829 bits per heavy atom. The number of carbonyl (C=O) groups excluding carboxylic acids is 1. The number of rotatable bonds is 19. The average molecular weight is 534 g/mol. The molecule has 1 amide bonds. The molecule has 202 valence electrons. The quantitative estimate of drug-likeness (QED) is 0.0837. The zero-order valence-electron chi connectivity index (χ0n) is 21.1. The molecule has 0 fully saturated rings. The van der Waals surface area contributed by atoms with Gasteiger partial charge in [0.15, 0.2) is 0 Å². The van der Waals surface area contributed by atoms with E-state index in [9.17, 15) is 26.2 Å². The monoisotopic (exact) mass is 533 g/mol. The predicted octanol–water partition coefficient (Wildman–Crippen LogP) is 5.07. The van der Waals surface area contributed by atoms with Crippen LogP contribution in [0.25, 0.3) is 0 Å². The van der Waals surface area contributed by atoms with E-state index < -0.39 is 35.8 Å². The fourth-order valence-electron chi connectivity index (χ4n) is 4.17. The number of anilines is 1. The molecule has 0 saturated carbocycles. The smallest absolute Gasteiger partial charge is 0.297 e. The van der Waals surface area contributed by atoms with Gasteiger partial charge >= 0.3 is 0 Å². The van der Waals surface area contributed by atoms with Crippen LogP contribution in [0, 0.1) is 0 Å². The van der Waals surface area contributed by atoms with Crippen LogP contribution in [-0.4, -0.2) is 27.3 Å².